The number of pyridine rings is 1. The van der Waals surface area contributed by atoms with Gasteiger partial charge in [0.15, 0.2) is 5.82 Å². The lowest BCUT2D eigenvalue weighted by Crippen LogP contribution is -2.43. The highest BCUT2D eigenvalue weighted by Crippen LogP contribution is 2.43. The van der Waals surface area contributed by atoms with E-state index in [4.69, 9.17) is 20.9 Å². The number of terminal acetylenes is 1. The van der Waals surface area contributed by atoms with E-state index in [0.717, 1.165) is 45.3 Å². The van der Waals surface area contributed by atoms with Gasteiger partial charge in [0, 0.05) is 24.0 Å². The molecule has 0 unspecified atom stereocenters. The van der Waals surface area contributed by atoms with Gasteiger partial charge in [0.25, 0.3) is 0 Å². The van der Waals surface area contributed by atoms with Crippen molar-refractivity contribution in [3.05, 3.63) is 41.5 Å². The highest BCUT2D eigenvalue weighted by molar-refractivity contribution is 6.04. The van der Waals surface area contributed by atoms with Crippen LogP contribution in [0.1, 0.15) is 52.0 Å². The van der Waals surface area contributed by atoms with Crippen LogP contribution in [-0.4, -0.2) is 83.0 Å². The second-order valence-electron chi connectivity index (χ2n) is 11.7. The molecule has 0 radical (unpaired) electrons. The Balaban J connectivity index is 0.00000182. The van der Waals surface area contributed by atoms with Crippen LogP contribution in [0.3, 0.4) is 0 Å². The first-order valence-corrected chi connectivity index (χ1v) is 16.2. The lowest BCUT2D eigenvalue weighted by atomic mass is 9.95. The SMILES string of the molecule is C#Cc1c(F)ccc2cc(O)cc(-c3nc4c5c(nc(OCC67CCCN6CCC7)nc5c3F)N(CCNCC)CCO4)c12.CC. The standard InChI is InChI=1S/C33H34F2N6O3.C2H6/c1-3-22-24(34)8-7-20-17-21(42)18-23(25(20)22)28-27(35)29-26-30(40(14-11-36-4-2)15-16-43-31(26)37-28)39-32(38-29)44-19-33-9-5-12-41(33)13-6-10-33;1-2/h1,7-8,17-18,36,42H,4-6,9-16,19H2,2H3;1-2H3. The molecule has 2 aromatic heterocycles. The summed E-state index contributed by atoms with van der Waals surface area (Å²) in [4.78, 5) is 18.5. The van der Waals surface area contributed by atoms with E-state index >= 15 is 4.39 Å². The van der Waals surface area contributed by atoms with Gasteiger partial charge in [0.2, 0.25) is 5.88 Å². The first-order chi connectivity index (χ1) is 22.4. The minimum Gasteiger partial charge on any atom is -0.508 e. The van der Waals surface area contributed by atoms with Gasteiger partial charge in [-0.05, 0) is 68.9 Å². The Bertz CT molecular complexity index is 1800. The molecule has 0 bridgehead atoms. The number of aromatic nitrogens is 3. The summed E-state index contributed by atoms with van der Waals surface area (Å²) < 4.78 is 44.1. The number of likely N-dealkylation sites (N-methyl/N-ethyl adjacent to an activating group) is 1. The third-order valence-corrected chi connectivity index (χ3v) is 9.15. The second kappa shape index (κ2) is 13.2. The zero-order valence-electron chi connectivity index (χ0n) is 26.6. The molecule has 0 aliphatic carbocycles. The van der Waals surface area contributed by atoms with E-state index in [2.05, 4.69) is 26.1 Å². The molecule has 2 saturated heterocycles. The smallest absolute Gasteiger partial charge is 0.319 e. The number of rotatable bonds is 8. The van der Waals surface area contributed by atoms with Crippen LogP contribution >= 0.6 is 0 Å². The number of nitrogens with zero attached hydrogens (tertiary/aromatic N) is 5. The molecule has 0 spiro atoms. The summed E-state index contributed by atoms with van der Waals surface area (Å²) in [6, 6.07) is 5.57. The van der Waals surface area contributed by atoms with Crippen molar-refractivity contribution in [2.45, 2.75) is 52.0 Å². The van der Waals surface area contributed by atoms with Crippen LogP contribution < -0.4 is 19.7 Å². The Kier molecular flexibility index (Phi) is 9.11. The van der Waals surface area contributed by atoms with Crippen LogP contribution in [0, 0.1) is 24.0 Å². The molecule has 5 heterocycles. The van der Waals surface area contributed by atoms with Gasteiger partial charge in [-0.2, -0.15) is 9.97 Å². The quantitative estimate of drug-likeness (QED) is 0.189. The van der Waals surface area contributed by atoms with Crippen molar-refractivity contribution in [2.24, 2.45) is 0 Å². The summed E-state index contributed by atoms with van der Waals surface area (Å²) >= 11 is 0. The number of phenols is 1. The predicted molar refractivity (Wildman–Crippen MR) is 176 cm³/mol. The number of nitrogens with one attached hydrogen (secondary N) is 1. The van der Waals surface area contributed by atoms with Gasteiger partial charge in [0.1, 0.15) is 47.2 Å². The number of anilines is 1. The van der Waals surface area contributed by atoms with Gasteiger partial charge in [-0.1, -0.05) is 32.8 Å². The first-order valence-electron chi connectivity index (χ1n) is 16.2. The fourth-order valence-electron chi connectivity index (χ4n) is 7.06. The lowest BCUT2D eigenvalue weighted by molar-refractivity contribution is 0.108. The van der Waals surface area contributed by atoms with Gasteiger partial charge < -0.3 is 24.8 Å². The van der Waals surface area contributed by atoms with E-state index in [1.807, 2.05) is 25.7 Å². The van der Waals surface area contributed by atoms with Crippen LogP contribution in [-0.2, 0) is 0 Å². The normalized spacial score (nSPS) is 16.8. The molecule has 242 valence electrons. The third kappa shape index (κ3) is 5.54. The minimum absolute atomic E-state index is 0.0253. The molecule has 0 saturated carbocycles. The Labute approximate surface area is 267 Å². The van der Waals surface area contributed by atoms with Crippen molar-refractivity contribution < 1.29 is 23.4 Å². The maximum Gasteiger partial charge on any atom is 0.319 e. The van der Waals surface area contributed by atoms with Crippen molar-refractivity contribution in [1.29, 1.82) is 0 Å². The largest absolute Gasteiger partial charge is 0.508 e. The number of halogens is 2. The van der Waals surface area contributed by atoms with Crippen LogP contribution in [0.15, 0.2) is 24.3 Å². The number of fused-ring (bicyclic) bond motifs is 2. The molecule has 7 rings (SSSR count). The molecule has 3 aliphatic heterocycles. The number of benzene rings is 2. The number of phenolic OH excluding ortho intramolecular Hbond substituents is 1. The zero-order chi connectivity index (χ0) is 32.4. The van der Waals surface area contributed by atoms with E-state index in [1.165, 1.54) is 24.3 Å². The van der Waals surface area contributed by atoms with Crippen LogP contribution in [0.25, 0.3) is 32.9 Å². The second-order valence-corrected chi connectivity index (χ2v) is 11.7. The van der Waals surface area contributed by atoms with Crippen molar-refractivity contribution in [2.75, 3.05) is 57.4 Å². The zero-order valence-corrected chi connectivity index (χ0v) is 26.6. The maximum atomic E-state index is 16.8. The fourth-order valence-corrected chi connectivity index (χ4v) is 7.06. The molecule has 9 nitrogen and oxygen atoms in total. The molecule has 11 heteroatoms. The summed E-state index contributed by atoms with van der Waals surface area (Å²) in [6.45, 7) is 11.4. The summed E-state index contributed by atoms with van der Waals surface area (Å²) in [5, 5.41) is 14.9. The topological polar surface area (TPSA) is 95.9 Å². The van der Waals surface area contributed by atoms with E-state index in [-0.39, 0.29) is 57.5 Å². The average molecular weight is 631 g/mol. The van der Waals surface area contributed by atoms with E-state index in [9.17, 15) is 9.50 Å². The highest BCUT2D eigenvalue weighted by atomic mass is 19.1. The molecule has 4 aromatic rings. The summed E-state index contributed by atoms with van der Waals surface area (Å²) in [5.41, 5.74) is -0.159. The number of hydrogen-bond acceptors (Lipinski definition) is 9. The molecular weight excluding hydrogens is 590 g/mol. The number of aromatic hydroxyl groups is 1. The van der Waals surface area contributed by atoms with Crippen molar-refractivity contribution in [3.63, 3.8) is 0 Å². The lowest BCUT2D eigenvalue weighted by Gasteiger charge is -2.31. The molecule has 2 aromatic carbocycles. The number of ether oxygens (including phenoxy) is 2. The van der Waals surface area contributed by atoms with Crippen LogP contribution in [0.4, 0.5) is 14.6 Å². The predicted octanol–water partition coefficient (Wildman–Crippen LogP) is 5.65. The van der Waals surface area contributed by atoms with Gasteiger partial charge in [0.05, 0.1) is 17.6 Å². The number of hydrogen-bond donors (Lipinski definition) is 2. The third-order valence-electron chi connectivity index (χ3n) is 9.15. The Morgan fingerprint density at radius 2 is 1.87 bits per heavy atom. The maximum absolute atomic E-state index is 16.8. The van der Waals surface area contributed by atoms with Crippen molar-refractivity contribution in [3.8, 4) is 41.2 Å². The Morgan fingerprint density at radius 3 is 2.61 bits per heavy atom. The van der Waals surface area contributed by atoms with Gasteiger partial charge in [-0.25, -0.2) is 13.8 Å². The molecule has 46 heavy (non-hydrogen) atoms. The first kappa shape index (κ1) is 31.7. The minimum atomic E-state index is -0.768. The fraction of sp³-hybridized carbons (Fsp3) is 0.457. The Hall–Kier alpha value is -4.27. The van der Waals surface area contributed by atoms with Gasteiger partial charge >= 0.3 is 6.01 Å². The van der Waals surface area contributed by atoms with Crippen LogP contribution in [0.5, 0.6) is 17.6 Å². The highest BCUT2D eigenvalue weighted by Gasteiger charge is 2.45. The molecule has 2 N–H and O–H groups in total. The van der Waals surface area contributed by atoms with E-state index < -0.39 is 11.6 Å². The Morgan fingerprint density at radius 1 is 1.09 bits per heavy atom. The molecule has 0 atom stereocenters. The van der Waals surface area contributed by atoms with Gasteiger partial charge in [-0.3, -0.25) is 4.90 Å². The van der Waals surface area contributed by atoms with Gasteiger partial charge in [-0.15, -0.1) is 6.42 Å². The average Bonchev–Trinajstić information content (AvgIpc) is 3.60. The van der Waals surface area contributed by atoms with Crippen molar-refractivity contribution in [1.82, 2.24) is 25.2 Å². The van der Waals surface area contributed by atoms with E-state index in [1.54, 1.807) is 0 Å². The molecule has 0 amide bonds. The van der Waals surface area contributed by atoms with Crippen LogP contribution in [0.2, 0.25) is 0 Å². The summed E-state index contributed by atoms with van der Waals surface area (Å²) in [6.07, 6.45) is 10.0. The summed E-state index contributed by atoms with van der Waals surface area (Å²) in [5.74, 6) is 1.47. The molecule has 3 aliphatic rings. The molecular formula is C35H40F2N6O3. The van der Waals surface area contributed by atoms with Crippen molar-refractivity contribution >= 4 is 27.5 Å². The monoisotopic (exact) mass is 630 g/mol. The molecule has 2 fully saturated rings. The van der Waals surface area contributed by atoms with E-state index in [0.29, 0.717) is 42.8 Å². The summed E-state index contributed by atoms with van der Waals surface area (Å²) in [7, 11) is 0.